The number of benzene rings is 2. The summed E-state index contributed by atoms with van der Waals surface area (Å²) in [6.45, 7) is 0. The summed E-state index contributed by atoms with van der Waals surface area (Å²) >= 11 is 0. The molecule has 3 rings (SSSR count). The number of fused-ring (bicyclic) bond motifs is 1. The topological polar surface area (TPSA) is 48.7 Å². The van der Waals surface area contributed by atoms with Crippen molar-refractivity contribution in [2.45, 2.75) is 6.42 Å². The van der Waals surface area contributed by atoms with Crippen molar-refractivity contribution in [3.8, 4) is 11.5 Å². The normalized spacial score (nSPS) is 10.6. The van der Waals surface area contributed by atoms with Crippen molar-refractivity contribution in [1.82, 2.24) is 0 Å². The lowest BCUT2D eigenvalue weighted by Gasteiger charge is -2.11. The molecule has 0 radical (unpaired) electrons. The highest BCUT2D eigenvalue weighted by Crippen LogP contribution is 2.33. The number of rotatable bonds is 4. The highest BCUT2D eigenvalue weighted by Gasteiger charge is 2.12. The van der Waals surface area contributed by atoms with Gasteiger partial charge < -0.3 is 13.9 Å². The smallest absolute Gasteiger partial charge is 0.336 e. The Morgan fingerprint density at radius 1 is 0.955 bits per heavy atom. The van der Waals surface area contributed by atoms with E-state index in [1.54, 1.807) is 20.3 Å². The van der Waals surface area contributed by atoms with Gasteiger partial charge in [-0.05, 0) is 23.6 Å². The Balaban J connectivity index is 2.18. The molecule has 3 aromatic rings. The number of hydrogen-bond acceptors (Lipinski definition) is 4. The lowest BCUT2D eigenvalue weighted by molar-refractivity contribution is 0.355. The predicted octanol–water partition coefficient (Wildman–Crippen LogP) is 3.40. The molecule has 1 aromatic heterocycles. The molecular weight excluding hydrogens is 280 g/mol. The van der Waals surface area contributed by atoms with Gasteiger partial charge in [-0.1, -0.05) is 30.3 Å². The van der Waals surface area contributed by atoms with E-state index in [0.717, 1.165) is 16.5 Å². The molecule has 0 saturated heterocycles. The molecule has 1 heterocycles. The van der Waals surface area contributed by atoms with Crippen LogP contribution < -0.4 is 15.1 Å². The molecular formula is C18H16O4. The van der Waals surface area contributed by atoms with E-state index in [9.17, 15) is 4.79 Å². The second-order valence-electron chi connectivity index (χ2n) is 4.96. The summed E-state index contributed by atoms with van der Waals surface area (Å²) in [5, 5.41) is 0.848. The van der Waals surface area contributed by atoms with Gasteiger partial charge in [0, 0.05) is 17.5 Å². The summed E-state index contributed by atoms with van der Waals surface area (Å²) in [5.74, 6) is 1.15. The van der Waals surface area contributed by atoms with Crippen molar-refractivity contribution in [2.75, 3.05) is 14.2 Å². The van der Waals surface area contributed by atoms with Gasteiger partial charge in [-0.2, -0.15) is 0 Å². The monoisotopic (exact) mass is 296 g/mol. The fraction of sp³-hybridized carbons (Fsp3) is 0.167. The Kier molecular flexibility index (Phi) is 3.83. The average molecular weight is 296 g/mol. The van der Waals surface area contributed by atoms with Crippen LogP contribution in [0.4, 0.5) is 0 Å². The molecule has 0 fully saturated rings. The van der Waals surface area contributed by atoms with Gasteiger partial charge in [0.2, 0.25) is 0 Å². The van der Waals surface area contributed by atoms with Crippen LogP contribution in [0.15, 0.2) is 57.7 Å². The zero-order chi connectivity index (χ0) is 15.5. The molecule has 0 aliphatic carbocycles. The number of ether oxygens (including phenoxy) is 2. The van der Waals surface area contributed by atoms with E-state index in [4.69, 9.17) is 13.9 Å². The van der Waals surface area contributed by atoms with E-state index >= 15 is 0 Å². The highest BCUT2D eigenvalue weighted by molar-refractivity contribution is 5.84. The third kappa shape index (κ3) is 2.68. The Labute approximate surface area is 127 Å². The quantitative estimate of drug-likeness (QED) is 0.692. The lowest BCUT2D eigenvalue weighted by atomic mass is 10.0. The van der Waals surface area contributed by atoms with Crippen LogP contribution in [0.3, 0.4) is 0 Å². The minimum atomic E-state index is -0.370. The summed E-state index contributed by atoms with van der Waals surface area (Å²) in [5.41, 5.74) is 2.16. The Bertz CT molecular complexity index is 850. The zero-order valence-electron chi connectivity index (χ0n) is 12.5. The Hall–Kier alpha value is -2.75. The molecule has 0 unspecified atom stereocenters. The maximum absolute atomic E-state index is 11.8. The predicted molar refractivity (Wildman–Crippen MR) is 84.8 cm³/mol. The standard InChI is InChI=1S/C18H16O4/c1-20-16-10-14-13(8-12-6-4-3-5-7-12)9-18(19)22-15(14)11-17(16)21-2/h3-7,9-11H,8H2,1-2H3. The van der Waals surface area contributed by atoms with E-state index in [-0.39, 0.29) is 5.63 Å². The van der Waals surface area contributed by atoms with Crippen LogP contribution in [0, 0.1) is 0 Å². The number of methoxy groups -OCH3 is 2. The molecule has 0 bridgehead atoms. The molecule has 2 aromatic carbocycles. The summed E-state index contributed by atoms with van der Waals surface area (Å²) < 4.78 is 15.9. The average Bonchev–Trinajstić information content (AvgIpc) is 2.54. The van der Waals surface area contributed by atoms with Crippen LogP contribution >= 0.6 is 0 Å². The van der Waals surface area contributed by atoms with Crippen molar-refractivity contribution >= 4 is 11.0 Å². The molecule has 0 aliphatic heterocycles. The first kappa shape index (κ1) is 14.2. The summed E-state index contributed by atoms with van der Waals surface area (Å²) in [6.07, 6.45) is 0.651. The summed E-state index contributed by atoms with van der Waals surface area (Å²) in [4.78, 5) is 11.8. The van der Waals surface area contributed by atoms with Crippen LogP contribution in [-0.4, -0.2) is 14.2 Å². The second-order valence-corrected chi connectivity index (χ2v) is 4.96. The van der Waals surface area contributed by atoms with Gasteiger partial charge in [0.25, 0.3) is 0 Å². The van der Waals surface area contributed by atoms with Crippen LogP contribution in [-0.2, 0) is 6.42 Å². The lowest BCUT2D eigenvalue weighted by Crippen LogP contribution is -2.02. The third-order valence-electron chi connectivity index (χ3n) is 3.57. The van der Waals surface area contributed by atoms with Crippen LogP contribution in [0.1, 0.15) is 11.1 Å². The van der Waals surface area contributed by atoms with Crippen LogP contribution in [0.5, 0.6) is 11.5 Å². The molecule has 4 nitrogen and oxygen atoms in total. The maximum atomic E-state index is 11.8. The van der Waals surface area contributed by atoms with Gasteiger partial charge in [0.15, 0.2) is 11.5 Å². The highest BCUT2D eigenvalue weighted by atomic mass is 16.5. The van der Waals surface area contributed by atoms with Gasteiger partial charge in [0.1, 0.15) is 5.58 Å². The summed E-state index contributed by atoms with van der Waals surface area (Å²) in [7, 11) is 3.13. The maximum Gasteiger partial charge on any atom is 0.336 e. The molecule has 112 valence electrons. The third-order valence-corrected chi connectivity index (χ3v) is 3.57. The Morgan fingerprint density at radius 2 is 1.64 bits per heavy atom. The molecule has 22 heavy (non-hydrogen) atoms. The van der Waals surface area contributed by atoms with E-state index in [1.807, 2.05) is 36.4 Å². The van der Waals surface area contributed by atoms with Crippen LogP contribution in [0.2, 0.25) is 0 Å². The van der Waals surface area contributed by atoms with Gasteiger partial charge in [-0.25, -0.2) is 4.79 Å². The molecule has 4 heteroatoms. The molecule has 0 amide bonds. The van der Waals surface area contributed by atoms with E-state index in [2.05, 4.69) is 0 Å². The SMILES string of the molecule is COc1cc2oc(=O)cc(Cc3ccccc3)c2cc1OC. The first-order chi connectivity index (χ1) is 10.7. The van der Waals surface area contributed by atoms with Crippen molar-refractivity contribution in [1.29, 1.82) is 0 Å². The van der Waals surface area contributed by atoms with Crippen molar-refractivity contribution in [2.24, 2.45) is 0 Å². The zero-order valence-corrected chi connectivity index (χ0v) is 12.5. The van der Waals surface area contributed by atoms with E-state index < -0.39 is 0 Å². The minimum absolute atomic E-state index is 0.370. The first-order valence-corrected chi connectivity index (χ1v) is 6.94. The molecule has 0 aliphatic rings. The molecule has 0 spiro atoms. The number of hydrogen-bond donors (Lipinski definition) is 0. The molecule has 0 atom stereocenters. The van der Waals surface area contributed by atoms with E-state index in [0.29, 0.717) is 23.5 Å². The van der Waals surface area contributed by atoms with Crippen molar-refractivity contribution < 1.29 is 13.9 Å². The van der Waals surface area contributed by atoms with E-state index in [1.165, 1.54) is 6.07 Å². The largest absolute Gasteiger partial charge is 0.493 e. The van der Waals surface area contributed by atoms with Crippen LogP contribution in [0.25, 0.3) is 11.0 Å². The fourth-order valence-corrected chi connectivity index (χ4v) is 2.52. The minimum Gasteiger partial charge on any atom is -0.493 e. The van der Waals surface area contributed by atoms with Gasteiger partial charge in [-0.3, -0.25) is 0 Å². The second kappa shape index (κ2) is 5.93. The van der Waals surface area contributed by atoms with Gasteiger partial charge in [-0.15, -0.1) is 0 Å². The van der Waals surface area contributed by atoms with Crippen molar-refractivity contribution in [3.05, 3.63) is 70.1 Å². The van der Waals surface area contributed by atoms with Gasteiger partial charge in [0.05, 0.1) is 14.2 Å². The Morgan fingerprint density at radius 3 is 2.32 bits per heavy atom. The molecule has 0 saturated carbocycles. The van der Waals surface area contributed by atoms with Gasteiger partial charge >= 0.3 is 5.63 Å². The van der Waals surface area contributed by atoms with Crippen molar-refractivity contribution in [3.63, 3.8) is 0 Å². The summed E-state index contributed by atoms with van der Waals surface area (Å²) in [6, 6.07) is 15.0. The first-order valence-electron chi connectivity index (χ1n) is 6.94. The molecule has 0 N–H and O–H groups in total. The fourth-order valence-electron chi connectivity index (χ4n) is 2.52.